The summed E-state index contributed by atoms with van der Waals surface area (Å²) >= 11 is 6.33. The number of nitrogens with zero attached hydrogens (tertiary/aromatic N) is 3. The molecule has 1 atom stereocenters. The van der Waals surface area contributed by atoms with E-state index in [1.807, 2.05) is 61.9 Å². The van der Waals surface area contributed by atoms with Gasteiger partial charge in [0.15, 0.2) is 0 Å². The molecule has 0 saturated carbocycles. The molecular formula is C24H24ClN3O4. The molecule has 32 heavy (non-hydrogen) atoms. The lowest BCUT2D eigenvalue weighted by atomic mass is 10.1. The van der Waals surface area contributed by atoms with Gasteiger partial charge in [-0.2, -0.15) is 4.98 Å². The van der Waals surface area contributed by atoms with Crippen molar-refractivity contribution in [1.82, 2.24) is 14.7 Å². The van der Waals surface area contributed by atoms with Gasteiger partial charge in [0.25, 0.3) is 5.89 Å². The lowest BCUT2D eigenvalue weighted by Gasteiger charge is -2.11. The maximum Gasteiger partial charge on any atom is 0.310 e. The summed E-state index contributed by atoms with van der Waals surface area (Å²) in [5.41, 5.74) is 2.56. The molecule has 2 heterocycles. The van der Waals surface area contributed by atoms with Crippen LogP contribution >= 0.6 is 11.6 Å². The number of ether oxygens (including phenoxy) is 2. The standard InChI is InChI=1S/C24H24ClN3O4/c1-14(2)31-21-8-6-18(12-19(21)25)23-26-22(27-32-23)17-5-7-20-16(11-17)9-10-28(20)13-15(3)24(29)30-4/h5-12,14-15H,13H2,1-4H3/t15-/m1/s1. The molecule has 0 N–H and O–H groups in total. The van der Waals surface area contributed by atoms with Crippen LogP contribution in [-0.2, 0) is 16.1 Å². The summed E-state index contributed by atoms with van der Waals surface area (Å²) in [6.07, 6.45) is 1.99. The number of halogens is 1. The number of hydrogen-bond donors (Lipinski definition) is 0. The molecule has 7 nitrogen and oxygen atoms in total. The number of benzene rings is 2. The first-order valence-corrected chi connectivity index (χ1v) is 10.7. The number of hydrogen-bond acceptors (Lipinski definition) is 6. The van der Waals surface area contributed by atoms with Crippen LogP contribution in [0.15, 0.2) is 53.2 Å². The molecule has 0 aliphatic carbocycles. The number of carbonyl (C=O) groups excluding carboxylic acids is 1. The Labute approximate surface area is 190 Å². The van der Waals surface area contributed by atoms with Gasteiger partial charge in [-0.3, -0.25) is 4.79 Å². The zero-order valence-corrected chi connectivity index (χ0v) is 19.1. The highest BCUT2D eigenvalue weighted by Crippen LogP contribution is 2.32. The zero-order valence-electron chi connectivity index (χ0n) is 18.3. The molecule has 166 valence electrons. The fourth-order valence-corrected chi connectivity index (χ4v) is 3.74. The van der Waals surface area contributed by atoms with Gasteiger partial charge in [-0.05, 0) is 56.3 Å². The molecule has 2 aromatic heterocycles. The summed E-state index contributed by atoms with van der Waals surface area (Å²) in [6.45, 7) is 6.28. The van der Waals surface area contributed by atoms with Crippen LogP contribution in [0, 0.1) is 5.92 Å². The van der Waals surface area contributed by atoms with E-state index in [9.17, 15) is 4.79 Å². The Hall–Kier alpha value is -3.32. The van der Waals surface area contributed by atoms with Gasteiger partial charge in [0.2, 0.25) is 5.82 Å². The van der Waals surface area contributed by atoms with Gasteiger partial charge in [-0.1, -0.05) is 23.7 Å². The van der Waals surface area contributed by atoms with Crippen molar-refractivity contribution in [2.75, 3.05) is 7.11 Å². The van der Waals surface area contributed by atoms with Crippen molar-refractivity contribution in [2.45, 2.75) is 33.4 Å². The molecule has 8 heteroatoms. The summed E-state index contributed by atoms with van der Waals surface area (Å²) in [6, 6.07) is 13.3. The molecule has 0 saturated heterocycles. The third kappa shape index (κ3) is 4.48. The average molecular weight is 454 g/mol. The number of rotatable bonds is 7. The maximum atomic E-state index is 11.7. The quantitative estimate of drug-likeness (QED) is 0.338. The van der Waals surface area contributed by atoms with Crippen LogP contribution in [-0.4, -0.2) is 33.9 Å². The summed E-state index contributed by atoms with van der Waals surface area (Å²) < 4.78 is 18.0. The van der Waals surface area contributed by atoms with Gasteiger partial charge >= 0.3 is 5.97 Å². The lowest BCUT2D eigenvalue weighted by molar-refractivity contribution is -0.145. The van der Waals surface area contributed by atoms with E-state index in [4.69, 9.17) is 25.6 Å². The Kier molecular flexibility index (Phi) is 6.19. The Morgan fingerprint density at radius 2 is 1.91 bits per heavy atom. The highest BCUT2D eigenvalue weighted by Gasteiger charge is 2.16. The van der Waals surface area contributed by atoms with Gasteiger partial charge in [0.05, 0.1) is 24.2 Å². The fourth-order valence-electron chi connectivity index (χ4n) is 3.51. The molecule has 4 aromatic rings. The Morgan fingerprint density at radius 3 is 2.62 bits per heavy atom. The van der Waals surface area contributed by atoms with E-state index in [1.165, 1.54) is 7.11 Å². The Bertz CT molecular complexity index is 1260. The van der Waals surface area contributed by atoms with Crippen LogP contribution in [0.5, 0.6) is 5.75 Å². The molecule has 0 aliphatic rings. The van der Waals surface area contributed by atoms with Crippen LogP contribution in [0.3, 0.4) is 0 Å². The average Bonchev–Trinajstić information content (AvgIpc) is 3.41. The van der Waals surface area contributed by atoms with Crippen molar-refractivity contribution >= 4 is 28.5 Å². The van der Waals surface area contributed by atoms with E-state index in [2.05, 4.69) is 10.1 Å². The van der Waals surface area contributed by atoms with Crippen LogP contribution in [0.1, 0.15) is 20.8 Å². The second-order valence-electron chi connectivity index (χ2n) is 7.90. The minimum atomic E-state index is -0.237. The highest BCUT2D eigenvalue weighted by atomic mass is 35.5. The van der Waals surface area contributed by atoms with Crippen molar-refractivity contribution in [3.05, 3.63) is 53.7 Å². The van der Waals surface area contributed by atoms with Crippen molar-refractivity contribution in [2.24, 2.45) is 5.92 Å². The number of methoxy groups -OCH3 is 1. The van der Waals surface area contributed by atoms with Gasteiger partial charge in [-0.15, -0.1) is 0 Å². The van der Waals surface area contributed by atoms with E-state index in [0.29, 0.717) is 34.6 Å². The lowest BCUT2D eigenvalue weighted by Crippen LogP contribution is -2.18. The molecule has 0 radical (unpaired) electrons. The number of esters is 1. The third-order valence-corrected chi connectivity index (χ3v) is 5.37. The third-order valence-electron chi connectivity index (χ3n) is 5.07. The van der Waals surface area contributed by atoms with Crippen molar-refractivity contribution < 1.29 is 18.8 Å². The first-order chi connectivity index (χ1) is 15.4. The molecule has 0 amide bonds. The van der Waals surface area contributed by atoms with E-state index >= 15 is 0 Å². The first kappa shape index (κ1) is 21.9. The smallest absolute Gasteiger partial charge is 0.310 e. The first-order valence-electron chi connectivity index (χ1n) is 10.3. The molecule has 0 fully saturated rings. The molecule has 2 aromatic carbocycles. The molecule has 0 aliphatic heterocycles. The molecule has 0 unspecified atom stereocenters. The van der Waals surface area contributed by atoms with Gasteiger partial charge < -0.3 is 18.6 Å². The minimum absolute atomic E-state index is 0.0295. The topological polar surface area (TPSA) is 79.4 Å². The summed E-state index contributed by atoms with van der Waals surface area (Å²) in [7, 11) is 1.40. The Morgan fingerprint density at radius 1 is 1.12 bits per heavy atom. The number of carbonyl (C=O) groups is 1. The highest BCUT2D eigenvalue weighted by molar-refractivity contribution is 6.32. The molecular weight excluding hydrogens is 430 g/mol. The second kappa shape index (κ2) is 9.04. The zero-order chi connectivity index (χ0) is 22.8. The Balaban J connectivity index is 1.57. The van der Waals surface area contributed by atoms with Gasteiger partial charge in [-0.25, -0.2) is 0 Å². The van der Waals surface area contributed by atoms with Gasteiger partial charge in [0.1, 0.15) is 5.75 Å². The van der Waals surface area contributed by atoms with Crippen LogP contribution in [0.25, 0.3) is 33.7 Å². The maximum absolute atomic E-state index is 11.7. The summed E-state index contributed by atoms with van der Waals surface area (Å²) in [5, 5.41) is 5.63. The predicted molar refractivity (Wildman–Crippen MR) is 123 cm³/mol. The molecule has 4 rings (SSSR count). The normalized spacial score (nSPS) is 12.3. The SMILES string of the molecule is COC(=O)[C@H](C)Cn1ccc2cc(-c3noc(-c4ccc(OC(C)C)c(Cl)c4)n3)ccc21. The van der Waals surface area contributed by atoms with E-state index in [1.54, 1.807) is 12.1 Å². The van der Waals surface area contributed by atoms with Gasteiger partial charge in [0, 0.05) is 34.8 Å². The van der Waals surface area contributed by atoms with E-state index in [0.717, 1.165) is 16.5 Å². The van der Waals surface area contributed by atoms with Crippen LogP contribution < -0.4 is 4.74 Å². The summed E-state index contributed by atoms with van der Waals surface area (Å²) in [5.74, 6) is 1.01. The second-order valence-corrected chi connectivity index (χ2v) is 8.31. The van der Waals surface area contributed by atoms with Crippen LogP contribution in [0.4, 0.5) is 0 Å². The van der Waals surface area contributed by atoms with Crippen LogP contribution in [0.2, 0.25) is 5.02 Å². The molecule has 0 spiro atoms. The van der Waals surface area contributed by atoms with Crippen molar-refractivity contribution in [1.29, 1.82) is 0 Å². The summed E-state index contributed by atoms with van der Waals surface area (Å²) in [4.78, 5) is 16.3. The van der Waals surface area contributed by atoms with Crippen molar-refractivity contribution in [3.63, 3.8) is 0 Å². The largest absolute Gasteiger partial charge is 0.489 e. The monoisotopic (exact) mass is 453 g/mol. The number of fused-ring (bicyclic) bond motifs is 1. The number of aromatic nitrogens is 3. The van der Waals surface area contributed by atoms with E-state index < -0.39 is 0 Å². The molecule has 0 bridgehead atoms. The van der Waals surface area contributed by atoms with Crippen molar-refractivity contribution in [3.8, 4) is 28.6 Å². The minimum Gasteiger partial charge on any atom is -0.489 e. The predicted octanol–water partition coefficient (Wildman–Crippen LogP) is 5.61. The van der Waals surface area contributed by atoms with E-state index in [-0.39, 0.29) is 18.0 Å². The fraction of sp³-hybridized carbons (Fsp3) is 0.292.